The molecule has 112 valence electrons. The second kappa shape index (κ2) is 6.68. The van der Waals surface area contributed by atoms with Crippen LogP contribution >= 0.6 is 0 Å². The lowest BCUT2D eigenvalue weighted by atomic mass is 9.95. The Bertz CT molecular complexity index is 527. The molecule has 0 aliphatic heterocycles. The van der Waals surface area contributed by atoms with E-state index in [2.05, 4.69) is 12.2 Å². The van der Waals surface area contributed by atoms with Gasteiger partial charge in [-0.15, -0.1) is 0 Å². The standard InChI is InChI=1S/C15H22FNO2S/c1-2-11-17-14-5-3-4-6-15(14)20(18,19)13-9-7-12(16)8-10-13/h7-10,14-15,17H,2-6,11H2,1H3. The van der Waals surface area contributed by atoms with Crippen LogP contribution in [0.25, 0.3) is 0 Å². The van der Waals surface area contributed by atoms with Crippen LogP contribution in [0.4, 0.5) is 4.39 Å². The SMILES string of the molecule is CCCNC1CCCCC1S(=O)(=O)c1ccc(F)cc1. The molecule has 1 aliphatic carbocycles. The first-order chi connectivity index (χ1) is 9.55. The Morgan fingerprint density at radius 2 is 1.85 bits per heavy atom. The second-order valence-corrected chi connectivity index (χ2v) is 7.55. The van der Waals surface area contributed by atoms with Crippen LogP contribution in [-0.4, -0.2) is 26.3 Å². The van der Waals surface area contributed by atoms with Gasteiger partial charge in [-0.1, -0.05) is 19.8 Å². The number of halogens is 1. The summed E-state index contributed by atoms with van der Waals surface area (Å²) in [6.07, 6.45) is 4.57. The van der Waals surface area contributed by atoms with E-state index in [0.29, 0.717) is 6.42 Å². The minimum absolute atomic E-state index is 0.0127. The van der Waals surface area contributed by atoms with E-state index in [-0.39, 0.29) is 10.9 Å². The minimum Gasteiger partial charge on any atom is -0.313 e. The molecule has 0 amide bonds. The molecule has 5 heteroatoms. The van der Waals surface area contributed by atoms with Gasteiger partial charge in [0.15, 0.2) is 9.84 Å². The molecule has 1 aromatic carbocycles. The Morgan fingerprint density at radius 3 is 2.50 bits per heavy atom. The first-order valence-corrected chi connectivity index (χ1v) is 8.83. The van der Waals surface area contributed by atoms with Gasteiger partial charge in [0.1, 0.15) is 5.82 Å². The highest BCUT2D eigenvalue weighted by atomic mass is 32.2. The van der Waals surface area contributed by atoms with E-state index in [1.54, 1.807) is 0 Å². The summed E-state index contributed by atoms with van der Waals surface area (Å²) in [5.41, 5.74) is 0. The molecule has 1 fully saturated rings. The van der Waals surface area contributed by atoms with Crippen molar-refractivity contribution >= 4 is 9.84 Å². The van der Waals surface area contributed by atoms with Crippen molar-refractivity contribution in [1.82, 2.24) is 5.32 Å². The van der Waals surface area contributed by atoms with Crippen LogP contribution in [0, 0.1) is 5.82 Å². The molecule has 2 rings (SSSR count). The fourth-order valence-corrected chi connectivity index (χ4v) is 4.84. The van der Waals surface area contributed by atoms with Gasteiger partial charge in [-0.2, -0.15) is 0 Å². The molecule has 20 heavy (non-hydrogen) atoms. The minimum atomic E-state index is -3.39. The molecule has 1 saturated carbocycles. The van der Waals surface area contributed by atoms with E-state index in [4.69, 9.17) is 0 Å². The van der Waals surface area contributed by atoms with Gasteiger partial charge in [0.05, 0.1) is 10.1 Å². The van der Waals surface area contributed by atoms with Gasteiger partial charge in [0.2, 0.25) is 0 Å². The second-order valence-electron chi connectivity index (χ2n) is 5.38. The van der Waals surface area contributed by atoms with Gasteiger partial charge in [-0.3, -0.25) is 0 Å². The van der Waals surface area contributed by atoms with Crippen LogP contribution < -0.4 is 5.32 Å². The predicted molar refractivity (Wildman–Crippen MR) is 77.9 cm³/mol. The molecule has 3 nitrogen and oxygen atoms in total. The van der Waals surface area contributed by atoms with Crippen LogP contribution in [0.1, 0.15) is 39.0 Å². The quantitative estimate of drug-likeness (QED) is 0.850. The van der Waals surface area contributed by atoms with Gasteiger partial charge in [0, 0.05) is 6.04 Å². The van der Waals surface area contributed by atoms with Crippen molar-refractivity contribution in [2.45, 2.75) is 55.2 Å². The zero-order valence-electron chi connectivity index (χ0n) is 11.8. The lowest BCUT2D eigenvalue weighted by molar-refractivity contribution is 0.371. The summed E-state index contributed by atoms with van der Waals surface area (Å²) >= 11 is 0. The molecule has 1 aromatic rings. The van der Waals surface area contributed by atoms with Crippen LogP contribution in [-0.2, 0) is 9.84 Å². The largest absolute Gasteiger partial charge is 0.313 e. The van der Waals surface area contributed by atoms with Gasteiger partial charge >= 0.3 is 0 Å². The zero-order chi connectivity index (χ0) is 14.6. The molecular formula is C15H22FNO2S. The van der Waals surface area contributed by atoms with Crippen molar-refractivity contribution in [3.63, 3.8) is 0 Å². The molecule has 1 aliphatic rings. The first-order valence-electron chi connectivity index (χ1n) is 7.28. The molecule has 0 spiro atoms. The zero-order valence-corrected chi connectivity index (χ0v) is 12.6. The Labute approximate surface area is 120 Å². The molecular weight excluding hydrogens is 277 g/mol. The van der Waals surface area contributed by atoms with Crippen LogP contribution in [0.2, 0.25) is 0 Å². The summed E-state index contributed by atoms with van der Waals surface area (Å²) in [4.78, 5) is 0.231. The topological polar surface area (TPSA) is 46.2 Å². The van der Waals surface area contributed by atoms with Crippen LogP contribution in [0.5, 0.6) is 0 Å². The van der Waals surface area contributed by atoms with Crippen molar-refractivity contribution in [2.24, 2.45) is 0 Å². The average molecular weight is 299 g/mol. The summed E-state index contributed by atoms with van der Waals surface area (Å²) in [6.45, 7) is 2.90. The van der Waals surface area contributed by atoms with Crippen molar-refractivity contribution in [3.05, 3.63) is 30.1 Å². The summed E-state index contributed by atoms with van der Waals surface area (Å²) in [5.74, 6) is -0.409. The van der Waals surface area contributed by atoms with Crippen LogP contribution in [0.3, 0.4) is 0 Å². The molecule has 2 unspecified atom stereocenters. The average Bonchev–Trinajstić information content (AvgIpc) is 2.46. The highest BCUT2D eigenvalue weighted by Crippen LogP contribution is 2.29. The number of hydrogen-bond acceptors (Lipinski definition) is 3. The maximum absolute atomic E-state index is 13.0. The monoisotopic (exact) mass is 299 g/mol. The first kappa shape index (κ1) is 15.4. The summed E-state index contributed by atoms with van der Waals surface area (Å²) < 4.78 is 38.4. The highest BCUT2D eigenvalue weighted by molar-refractivity contribution is 7.92. The maximum Gasteiger partial charge on any atom is 0.182 e. The summed E-state index contributed by atoms with van der Waals surface area (Å²) in [7, 11) is -3.39. The fourth-order valence-electron chi connectivity index (χ4n) is 2.83. The van der Waals surface area contributed by atoms with E-state index in [1.165, 1.54) is 24.3 Å². The normalized spacial score (nSPS) is 23.7. The van der Waals surface area contributed by atoms with Crippen molar-refractivity contribution < 1.29 is 12.8 Å². The summed E-state index contributed by atoms with van der Waals surface area (Å²) in [5, 5.41) is 2.96. The number of rotatable bonds is 5. The Kier molecular flexibility index (Phi) is 5.16. The predicted octanol–water partition coefficient (Wildman–Crippen LogP) is 2.91. The molecule has 0 bridgehead atoms. The van der Waals surface area contributed by atoms with Crippen molar-refractivity contribution in [1.29, 1.82) is 0 Å². The third-order valence-corrected chi connectivity index (χ3v) is 6.19. The Morgan fingerprint density at radius 1 is 1.20 bits per heavy atom. The van der Waals surface area contributed by atoms with E-state index >= 15 is 0 Å². The fraction of sp³-hybridized carbons (Fsp3) is 0.600. The molecule has 0 heterocycles. The summed E-state index contributed by atoms with van der Waals surface area (Å²) in [6, 6.07) is 5.18. The van der Waals surface area contributed by atoms with Crippen molar-refractivity contribution in [2.75, 3.05) is 6.54 Å². The number of sulfone groups is 1. The molecule has 1 N–H and O–H groups in total. The number of benzene rings is 1. The van der Waals surface area contributed by atoms with E-state index in [9.17, 15) is 12.8 Å². The van der Waals surface area contributed by atoms with Crippen molar-refractivity contribution in [3.8, 4) is 0 Å². The van der Waals surface area contributed by atoms with E-state index < -0.39 is 20.9 Å². The Hall–Kier alpha value is -0.940. The van der Waals surface area contributed by atoms with Gasteiger partial charge in [-0.05, 0) is 50.1 Å². The molecule has 0 saturated heterocycles. The molecule has 2 atom stereocenters. The van der Waals surface area contributed by atoms with Crippen LogP contribution in [0.15, 0.2) is 29.2 Å². The number of nitrogens with one attached hydrogen (secondary N) is 1. The third-order valence-electron chi connectivity index (χ3n) is 3.90. The highest BCUT2D eigenvalue weighted by Gasteiger charge is 2.36. The van der Waals surface area contributed by atoms with E-state index in [1.807, 2.05) is 0 Å². The van der Waals surface area contributed by atoms with E-state index in [0.717, 1.165) is 32.2 Å². The molecule has 0 radical (unpaired) electrons. The molecule has 0 aromatic heterocycles. The van der Waals surface area contributed by atoms with Gasteiger partial charge in [0.25, 0.3) is 0 Å². The van der Waals surface area contributed by atoms with Gasteiger partial charge < -0.3 is 5.32 Å². The lowest BCUT2D eigenvalue weighted by Gasteiger charge is -2.32. The van der Waals surface area contributed by atoms with Gasteiger partial charge in [-0.25, -0.2) is 12.8 Å². The number of hydrogen-bond donors (Lipinski definition) is 1. The lowest BCUT2D eigenvalue weighted by Crippen LogP contribution is -2.46. The smallest absolute Gasteiger partial charge is 0.182 e. The Balaban J connectivity index is 2.23. The maximum atomic E-state index is 13.0. The third kappa shape index (κ3) is 3.38.